The number of carbonyl (C=O) groups is 2. The number of carboxylic acid groups (broad SMARTS) is 1. The van der Waals surface area contributed by atoms with Gasteiger partial charge in [-0.15, -0.1) is 0 Å². The predicted molar refractivity (Wildman–Crippen MR) is 72.9 cm³/mol. The van der Waals surface area contributed by atoms with Crippen molar-refractivity contribution >= 4 is 17.7 Å². The molecule has 0 unspecified atom stereocenters. The van der Waals surface area contributed by atoms with Gasteiger partial charge in [-0.05, 0) is 24.3 Å². The molecule has 0 bridgehead atoms. The number of anilines is 1. The Hall–Kier alpha value is -2.44. The highest BCUT2D eigenvalue weighted by atomic mass is 16.4. The highest BCUT2D eigenvalue weighted by molar-refractivity contribution is 5.82. The molecule has 1 aromatic rings. The lowest BCUT2D eigenvalue weighted by atomic mass is 10.2. The van der Waals surface area contributed by atoms with Crippen LogP contribution in [-0.2, 0) is 4.79 Å². The van der Waals surface area contributed by atoms with Crippen LogP contribution < -0.4 is 10.2 Å². The first-order valence-corrected chi connectivity index (χ1v) is 6.35. The van der Waals surface area contributed by atoms with Crippen molar-refractivity contribution in [1.29, 1.82) is 0 Å². The van der Waals surface area contributed by atoms with Crippen LogP contribution in [-0.4, -0.2) is 59.8 Å². The molecule has 108 valence electrons. The molecule has 0 aromatic heterocycles. The van der Waals surface area contributed by atoms with Crippen molar-refractivity contribution in [3.63, 3.8) is 0 Å². The summed E-state index contributed by atoms with van der Waals surface area (Å²) in [6, 6.07) is 6.92. The molecule has 7 heteroatoms. The molecule has 0 spiro atoms. The number of nitrogens with one attached hydrogen (secondary N) is 1. The maximum atomic E-state index is 11.7. The number of rotatable bonds is 3. The maximum absolute atomic E-state index is 11.7. The molecular weight excluding hydrogens is 262 g/mol. The molecule has 1 heterocycles. The molecule has 0 radical (unpaired) electrons. The van der Waals surface area contributed by atoms with Crippen LogP contribution in [0.25, 0.3) is 0 Å². The molecule has 1 aromatic carbocycles. The van der Waals surface area contributed by atoms with Gasteiger partial charge in [0.25, 0.3) is 0 Å². The SMILES string of the molecule is O=C(O)NCC(=O)N1CCN(c2ccc(O)cc2)CC1. The summed E-state index contributed by atoms with van der Waals surface area (Å²) in [6.07, 6.45) is -1.19. The van der Waals surface area contributed by atoms with E-state index < -0.39 is 6.09 Å². The summed E-state index contributed by atoms with van der Waals surface area (Å²) in [5, 5.41) is 19.8. The lowest BCUT2D eigenvalue weighted by Gasteiger charge is -2.36. The van der Waals surface area contributed by atoms with Crippen molar-refractivity contribution in [2.75, 3.05) is 37.6 Å². The van der Waals surface area contributed by atoms with Gasteiger partial charge < -0.3 is 25.3 Å². The first kappa shape index (κ1) is 14.0. The molecule has 0 saturated carbocycles. The molecule has 0 aliphatic carbocycles. The number of amides is 2. The molecule has 2 amide bonds. The average molecular weight is 279 g/mol. The number of hydrogen-bond donors (Lipinski definition) is 3. The van der Waals surface area contributed by atoms with Crippen molar-refractivity contribution < 1.29 is 19.8 Å². The normalized spacial score (nSPS) is 15.0. The quantitative estimate of drug-likeness (QED) is 0.740. The van der Waals surface area contributed by atoms with Crippen molar-refractivity contribution in [3.8, 4) is 5.75 Å². The fourth-order valence-corrected chi connectivity index (χ4v) is 2.14. The Bertz CT molecular complexity index is 481. The van der Waals surface area contributed by atoms with E-state index in [1.807, 2.05) is 12.1 Å². The average Bonchev–Trinajstić information content (AvgIpc) is 2.46. The third-order valence-corrected chi connectivity index (χ3v) is 3.24. The molecule has 1 aliphatic rings. The Labute approximate surface area is 116 Å². The van der Waals surface area contributed by atoms with Crippen LogP contribution in [0, 0.1) is 0 Å². The van der Waals surface area contributed by atoms with E-state index in [-0.39, 0.29) is 18.2 Å². The molecule has 0 atom stereocenters. The minimum atomic E-state index is -1.19. The van der Waals surface area contributed by atoms with Gasteiger partial charge >= 0.3 is 6.09 Å². The summed E-state index contributed by atoms with van der Waals surface area (Å²) < 4.78 is 0. The summed E-state index contributed by atoms with van der Waals surface area (Å²) in [5.74, 6) is 0.0139. The zero-order valence-electron chi connectivity index (χ0n) is 11.0. The minimum absolute atomic E-state index is 0.186. The molecule has 1 saturated heterocycles. The van der Waals surface area contributed by atoms with E-state index in [0.29, 0.717) is 26.2 Å². The second-order valence-corrected chi connectivity index (χ2v) is 4.54. The zero-order valence-corrected chi connectivity index (χ0v) is 11.0. The van der Waals surface area contributed by atoms with Gasteiger partial charge in [-0.25, -0.2) is 4.79 Å². The molecule has 20 heavy (non-hydrogen) atoms. The van der Waals surface area contributed by atoms with Crippen LogP contribution in [0.5, 0.6) is 5.75 Å². The fraction of sp³-hybridized carbons (Fsp3) is 0.385. The molecule has 3 N–H and O–H groups in total. The Morgan fingerprint density at radius 1 is 1.10 bits per heavy atom. The van der Waals surface area contributed by atoms with Gasteiger partial charge in [-0.3, -0.25) is 4.79 Å². The van der Waals surface area contributed by atoms with E-state index in [1.54, 1.807) is 17.0 Å². The van der Waals surface area contributed by atoms with Gasteiger partial charge in [0.05, 0.1) is 0 Å². The summed E-state index contributed by atoms with van der Waals surface area (Å²) >= 11 is 0. The predicted octanol–water partition coefficient (Wildman–Crippen LogP) is 0.308. The summed E-state index contributed by atoms with van der Waals surface area (Å²) in [6.45, 7) is 2.30. The van der Waals surface area contributed by atoms with Crippen LogP contribution in [0.2, 0.25) is 0 Å². The fourth-order valence-electron chi connectivity index (χ4n) is 2.14. The smallest absolute Gasteiger partial charge is 0.405 e. The Morgan fingerprint density at radius 3 is 2.25 bits per heavy atom. The highest BCUT2D eigenvalue weighted by Crippen LogP contribution is 2.19. The summed E-state index contributed by atoms with van der Waals surface area (Å²) in [7, 11) is 0. The lowest BCUT2D eigenvalue weighted by Crippen LogP contribution is -2.51. The third-order valence-electron chi connectivity index (χ3n) is 3.24. The molecular formula is C13H17N3O4. The Balaban J connectivity index is 1.84. The van der Waals surface area contributed by atoms with Crippen LogP contribution in [0.4, 0.5) is 10.5 Å². The van der Waals surface area contributed by atoms with Crippen molar-refractivity contribution in [2.45, 2.75) is 0 Å². The number of phenolic OH excluding ortho intramolecular Hbond substituents is 1. The number of nitrogens with zero attached hydrogens (tertiary/aromatic N) is 2. The van der Waals surface area contributed by atoms with E-state index in [4.69, 9.17) is 5.11 Å². The van der Waals surface area contributed by atoms with Crippen LogP contribution in [0.3, 0.4) is 0 Å². The van der Waals surface area contributed by atoms with Crippen LogP contribution in [0.1, 0.15) is 0 Å². The largest absolute Gasteiger partial charge is 0.508 e. The van der Waals surface area contributed by atoms with Crippen LogP contribution >= 0.6 is 0 Å². The molecule has 1 aliphatic heterocycles. The first-order valence-electron chi connectivity index (χ1n) is 6.35. The number of carbonyl (C=O) groups excluding carboxylic acids is 1. The maximum Gasteiger partial charge on any atom is 0.405 e. The van der Waals surface area contributed by atoms with E-state index in [0.717, 1.165) is 5.69 Å². The van der Waals surface area contributed by atoms with Crippen molar-refractivity contribution in [3.05, 3.63) is 24.3 Å². The number of aromatic hydroxyl groups is 1. The lowest BCUT2D eigenvalue weighted by molar-refractivity contribution is -0.130. The van der Waals surface area contributed by atoms with E-state index in [1.165, 1.54) is 0 Å². The summed E-state index contributed by atoms with van der Waals surface area (Å²) in [5.41, 5.74) is 0.999. The molecule has 2 rings (SSSR count). The van der Waals surface area contributed by atoms with Gasteiger partial charge in [0.15, 0.2) is 0 Å². The number of phenols is 1. The minimum Gasteiger partial charge on any atom is -0.508 e. The van der Waals surface area contributed by atoms with Crippen molar-refractivity contribution in [2.24, 2.45) is 0 Å². The number of benzene rings is 1. The number of piperazine rings is 1. The van der Waals surface area contributed by atoms with E-state index >= 15 is 0 Å². The topological polar surface area (TPSA) is 93.1 Å². The van der Waals surface area contributed by atoms with Gasteiger partial charge in [-0.2, -0.15) is 0 Å². The summed E-state index contributed by atoms with van der Waals surface area (Å²) in [4.78, 5) is 25.8. The zero-order chi connectivity index (χ0) is 14.5. The Kier molecular flexibility index (Phi) is 4.29. The monoisotopic (exact) mass is 279 g/mol. The van der Waals surface area contributed by atoms with E-state index in [2.05, 4.69) is 10.2 Å². The van der Waals surface area contributed by atoms with Gasteiger partial charge in [0, 0.05) is 31.9 Å². The second kappa shape index (κ2) is 6.14. The third kappa shape index (κ3) is 3.53. The molecule has 1 fully saturated rings. The van der Waals surface area contributed by atoms with Gasteiger partial charge in [-0.1, -0.05) is 0 Å². The van der Waals surface area contributed by atoms with Gasteiger partial charge in [0.2, 0.25) is 5.91 Å². The first-order chi connectivity index (χ1) is 9.56. The Morgan fingerprint density at radius 2 is 1.70 bits per heavy atom. The second-order valence-electron chi connectivity index (χ2n) is 4.54. The van der Waals surface area contributed by atoms with Crippen molar-refractivity contribution in [1.82, 2.24) is 10.2 Å². The highest BCUT2D eigenvalue weighted by Gasteiger charge is 2.21. The van der Waals surface area contributed by atoms with E-state index in [9.17, 15) is 14.7 Å². The number of hydrogen-bond acceptors (Lipinski definition) is 4. The standard InChI is InChI=1S/C13H17N3O4/c17-11-3-1-10(2-4-11)15-5-7-16(8-6-15)12(18)9-14-13(19)20/h1-4,14,17H,5-9H2,(H,19,20). The molecule has 7 nitrogen and oxygen atoms in total. The van der Waals surface area contributed by atoms with Gasteiger partial charge in [0.1, 0.15) is 12.3 Å². The van der Waals surface area contributed by atoms with Crippen LogP contribution in [0.15, 0.2) is 24.3 Å².